The second-order valence-electron chi connectivity index (χ2n) is 3.69. The summed E-state index contributed by atoms with van der Waals surface area (Å²) in [5.41, 5.74) is 0. The Morgan fingerprint density at radius 3 is 2.65 bits per heavy atom. The van der Waals surface area contributed by atoms with Crippen LogP contribution in [0.4, 0.5) is 22.4 Å². The maximum absolute atomic E-state index is 12.6. The predicted molar refractivity (Wildman–Crippen MR) is 47.2 cm³/mol. The molecule has 0 saturated carbocycles. The molecule has 17 heavy (non-hydrogen) atoms. The lowest BCUT2D eigenvalue weighted by Crippen LogP contribution is -2.30. The van der Waals surface area contributed by atoms with Gasteiger partial charge in [0.05, 0.1) is 12.7 Å². The normalized spacial score (nSPS) is 24.1. The van der Waals surface area contributed by atoms with Crippen LogP contribution in [0.2, 0.25) is 0 Å². The molecule has 0 radical (unpaired) electrons. The number of halogens is 4. The van der Waals surface area contributed by atoms with Gasteiger partial charge in [0.15, 0.2) is 12.3 Å². The Labute approximate surface area is 94.8 Å². The summed E-state index contributed by atoms with van der Waals surface area (Å²) in [5.74, 6) is 0. The molecule has 100 valence electrons. The number of carbonyl (C=O) groups is 1. The molecule has 1 heterocycles. The number of alkyl halides is 4. The monoisotopic (exact) mass is 260 g/mol. The Morgan fingerprint density at radius 2 is 2.18 bits per heavy atom. The van der Waals surface area contributed by atoms with E-state index in [1.807, 2.05) is 0 Å². The van der Waals surface area contributed by atoms with Gasteiger partial charge < -0.3 is 14.2 Å². The Hall–Kier alpha value is -1.05. The smallest absolute Gasteiger partial charge is 0.430 e. The van der Waals surface area contributed by atoms with Gasteiger partial charge in [-0.15, -0.1) is 0 Å². The van der Waals surface area contributed by atoms with Gasteiger partial charge in [-0.3, -0.25) is 0 Å². The molecule has 0 N–H and O–H groups in total. The first-order valence-corrected chi connectivity index (χ1v) is 4.95. The van der Waals surface area contributed by atoms with E-state index in [-0.39, 0.29) is 13.2 Å². The first-order valence-electron chi connectivity index (χ1n) is 4.95. The van der Waals surface area contributed by atoms with E-state index >= 15 is 0 Å². The van der Waals surface area contributed by atoms with Gasteiger partial charge in [-0.25, -0.2) is 9.18 Å². The summed E-state index contributed by atoms with van der Waals surface area (Å²) in [4.78, 5) is 10.5. The van der Waals surface area contributed by atoms with E-state index in [2.05, 4.69) is 9.47 Å². The summed E-state index contributed by atoms with van der Waals surface area (Å²) >= 11 is 0. The Balaban J connectivity index is 2.21. The molecule has 0 bridgehead atoms. The van der Waals surface area contributed by atoms with Crippen molar-refractivity contribution in [2.75, 3.05) is 13.2 Å². The summed E-state index contributed by atoms with van der Waals surface area (Å²) in [6.07, 6.45) is -11.0. The van der Waals surface area contributed by atoms with Crippen molar-refractivity contribution in [2.45, 2.75) is 37.9 Å². The molecule has 3 unspecified atom stereocenters. The average molecular weight is 260 g/mol. The van der Waals surface area contributed by atoms with Crippen LogP contribution < -0.4 is 0 Å². The van der Waals surface area contributed by atoms with Crippen LogP contribution in [0.15, 0.2) is 0 Å². The van der Waals surface area contributed by atoms with E-state index in [0.29, 0.717) is 0 Å². The Bertz CT molecular complexity index is 268. The van der Waals surface area contributed by atoms with E-state index in [4.69, 9.17) is 4.74 Å². The number of cyclic esters (lactones) is 2. The van der Waals surface area contributed by atoms with Gasteiger partial charge in [-0.1, -0.05) is 0 Å². The summed E-state index contributed by atoms with van der Waals surface area (Å²) in [7, 11) is 0. The van der Waals surface area contributed by atoms with E-state index in [9.17, 15) is 22.4 Å². The van der Waals surface area contributed by atoms with Crippen LogP contribution in [0.25, 0.3) is 0 Å². The number of hydrogen-bond donors (Lipinski definition) is 0. The zero-order valence-corrected chi connectivity index (χ0v) is 9.00. The molecule has 3 atom stereocenters. The summed E-state index contributed by atoms with van der Waals surface area (Å²) in [6.45, 7) is 1.19. The topological polar surface area (TPSA) is 44.8 Å². The molecule has 8 heteroatoms. The molecule has 0 aliphatic carbocycles. The number of ether oxygens (including phenoxy) is 3. The Morgan fingerprint density at radius 1 is 1.53 bits per heavy atom. The first kappa shape index (κ1) is 14.0. The molecule has 0 aromatic heterocycles. The maximum atomic E-state index is 12.6. The molecule has 0 amide bonds. The van der Waals surface area contributed by atoms with Crippen LogP contribution in [-0.4, -0.2) is 43.9 Å². The summed E-state index contributed by atoms with van der Waals surface area (Å²) in [5, 5.41) is 0. The SMILES string of the molecule is CC(CC(F)C(F)(F)F)OCC1COC(=O)O1. The van der Waals surface area contributed by atoms with Gasteiger partial charge in [0.1, 0.15) is 6.61 Å². The third-order valence-corrected chi connectivity index (χ3v) is 2.11. The standard InChI is InChI=1S/C9H12F4O4/c1-5(2-7(10)9(11,12)13)15-3-6-4-16-8(14)17-6/h5-7H,2-4H2,1H3. The molecule has 1 aliphatic rings. The molecule has 1 rings (SSSR count). The molecule has 0 spiro atoms. The molecular weight excluding hydrogens is 248 g/mol. The van der Waals surface area contributed by atoms with Crippen molar-refractivity contribution >= 4 is 6.16 Å². The highest BCUT2D eigenvalue weighted by Crippen LogP contribution is 2.26. The maximum Gasteiger partial charge on any atom is 0.508 e. The van der Waals surface area contributed by atoms with E-state index in [0.717, 1.165) is 0 Å². The second kappa shape index (κ2) is 5.52. The highest BCUT2D eigenvalue weighted by Gasteiger charge is 2.41. The number of carbonyl (C=O) groups excluding carboxylic acids is 1. The van der Waals surface area contributed by atoms with Crippen molar-refractivity contribution in [1.29, 1.82) is 0 Å². The van der Waals surface area contributed by atoms with Gasteiger partial charge in [-0.05, 0) is 6.92 Å². The zero-order chi connectivity index (χ0) is 13.1. The molecule has 1 saturated heterocycles. The van der Waals surface area contributed by atoms with Crippen LogP contribution in [0.1, 0.15) is 13.3 Å². The highest BCUT2D eigenvalue weighted by atomic mass is 19.4. The van der Waals surface area contributed by atoms with Crippen molar-refractivity contribution in [2.24, 2.45) is 0 Å². The molecule has 1 fully saturated rings. The molecular formula is C9H12F4O4. The fraction of sp³-hybridized carbons (Fsp3) is 0.889. The third-order valence-electron chi connectivity index (χ3n) is 2.11. The molecule has 1 aliphatic heterocycles. The fourth-order valence-electron chi connectivity index (χ4n) is 1.21. The summed E-state index contributed by atoms with van der Waals surface area (Å²) in [6, 6.07) is 0. The minimum absolute atomic E-state index is 0.0100. The molecule has 0 aromatic rings. The minimum Gasteiger partial charge on any atom is -0.430 e. The van der Waals surface area contributed by atoms with Gasteiger partial charge >= 0.3 is 12.3 Å². The largest absolute Gasteiger partial charge is 0.508 e. The third kappa shape index (κ3) is 4.76. The van der Waals surface area contributed by atoms with Gasteiger partial charge in [0, 0.05) is 6.42 Å². The fourth-order valence-corrected chi connectivity index (χ4v) is 1.21. The van der Waals surface area contributed by atoms with E-state index in [1.165, 1.54) is 6.92 Å². The van der Waals surface area contributed by atoms with Crippen molar-refractivity contribution < 1.29 is 36.6 Å². The molecule has 0 aromatic carbocycles. The predicted octanol–water partition coefficient (Wildman–Crippen LogP) is 2.22. The van der Waals surface area contributed by atoms with Crippen molar-refractivity contribution in [3.8, 4) is 0 Å². The zero-order valence-electron chi connectivity index (χ0n) is 9.00. The second-order valence-corrected chi connectivity index (χ2v) is 3.69. The van der Waals surface area contributed by atoms with Crippen LogP contribution in [0.5, 0.6) is 0 Å². The van der Waals surface area contributed by atoms with E-state index in [1.54, 1.807) is 0 Å². The van der Waals surface area contributed by atoms with Gasteiger partial charge in [-0.2, -0.15) is 13.2 Å². The van der Waals surface area contributed by atoms with Gasteiger partial charge in [0.2, 0.25) is 0 Å². The lowest BCUT2D eigenvalue weighted by atomic mass is 10.2. The lowest BCUT2D eigenvalue weighted by molar-refractivity contribution is -0.189. The number of hydrogen-bond acceptors (Lipinski definition) is 4. The van der Waals surface area contributed by atoms with Crippen LogP contribution in [-0.2, 0) is 14.2 Å². The summed E-state index contributed by atoms with van der Waals surface area (Å²) < 4.78 is 62.2. The lowest BCUT2D eigenvalue weighted by Gasteiger charge is -2.18. The molecule has 4 nitrogen and oxygen atoms in total. The van der Waals surface area contributed by atoms with Crippen LogP contribution >= 0.6 is 0 Å². The minimum atomic E-state index is -4.87. The Kier molecular flexibility index (Phi) is 4.55. The average Bonchev–Trinajstić information content (AvgIpc) is 2.60. The van der Waals surface area contributed by atoms with Crippen molar-refractivity contribution in [3.63, 3.8) is 0 Å². The number of rotatable bonds is 5. The highest BCUT2D eigenvalue weighted by molar-refractivity contribution is 5.61. The van der Waals surface area contributed by atoms with Crippen LogP contribution in [0, 0.1) is 0 Å². The van der Waals surface area contributed by atoms with Gasteiger partial charge in [0.25, 0.3) is 0 Å². The van der Waals surface area contributed by atoms with Crippen molar-refractivity contribution in [3.05, 3.63) is 0 Å². The quantitative estimate of drug-likeness (QED) is 0.561. The van der Waals surface area contributed by atoms with Crippen LogP contribution in [0.3, 0.4) is 0 Å². The van der Waals surface area contributed by atoms with Crippen molar-refractivity contribution in [1.82, 2.24) is 0 Å². The van der Waals surface area contributed by atoms with E-state index < -0.39 is 37.1 Å². The first-order chi connectivity index (χ1) is 7.79.